The molecule has 19 heavy (non-hydrogen) atoms. The van der Waals surface area contributed by atoms with Gasteiger partial charge in [-0.15, -0.1) is 0 Å². The van der Waals surface area contributed by atoms with Crippen LogP contribution >= 0.6 is 0 Å². The third kappa shape index (κ3) is 5.27. The Morgan fingerprint density at radius 2 is 2.32 bits per heavy atom. The Morgan fingerprint density at radius 1 is 1.58 bits per heavy atom. The van der Waals surface area contributed by atoms with Crippen LogP contribution in [-0.2, 0) is 21.3 Å². The van der Waals surface area contributed by atoms with Crippen LogP contribution < -0.4 is 10.5 Å². The van der Waals surface area contributed by atoms with Crippen LogP contribution in [0.4, 0.5) is 0 Å². The van der Waals surface area contributed by atoms with Gasteiger partial charge in [0, 0.05) is 32.5 Å². The maximum absolute atomic E-state index is 12.1. The Balaban J connectivity index is 2.63. The van der Waals surface area contributed by atoms with Crippen molar-refractivity contribution in [2.24, 2.45) is 5.73 Å². The number of aryl methyl sites for hydroxylation is 1. The molecular formula is C11H22N4O3S. The van der Waals surface area contributed by atoms with E-state index in [9.17, 15) is 8.42 Å². The monoisotopic (exact) mass is 290 g/mol. The zero-order chi connectivity index (χ0) is 14.3. The summed E-state index contributed by atoms with van der Waals surface area (Å²) >= 11 is 0. The van der Waals surface area contributed by atoms with E-state index in [0.29, 0.717) is 26.1 Å². The lowest BCUT2D eigenvalue weighted by atomic mass is 10.3. The molecule has 0 spiro atoms. The maximum Gasteiger partial charge on any atom is 0.243 e. The molecule has 0 aliphatic rings. The van der Waals surface area contributed by atoms with Crippen LogP contribution in [0.3, 0.4) is 0 Å². The third-order valence-corrected chi connectivity index (χ3v) is 4.17. The summed E-state index contributed by atoms with van der Waals surface area (Å²) in [5.41, 5.74) is 5.40. The number of ether oxygens (including phenoxy) is 1. The summed E-state index contributed by atoms with van der Waals surface area (Å²) in [6.45, 7) is 3.48. The lowest BCUT2D eigenvalue weighted by molar-refractivity contribution is 0.188. The van der Waals surface area contributed by atoms with Crippen LogP contribution in [0.15, 0.2) is 17.3 Å². The summed E-state index contributed by atoms with van der Waals surface area (Å²) in [6.07, 6.45) is 4.25. The molecule has 1 aromatic rings. The van der Waals surface area contributed by atoms with E-state index >= 15 is 0 Å². The number of nitrogens with one attached hydrogen (secondary N) is 1. The molecule has 1 aromatic heterocycles. The molecule has 0 saturated heterocycles. The van der Waals surface area contributed by atoms with Crippen LogP contribution in [0.5, 0.6) is 0 Å². The molecule has 0 bridgehead atoms. The quantitative estimate of drug-likeness (QED) is 0.663. The highest BCUT2D eigenvalue weighted by Gasteiger charge is 2.19. The van der Waals surface area contributed by atoms with Gasteiger partial charge in [0.15, 0.2) is 0 Å². The Kier molecular flexibility index (Phi) is 6.43. The molecule has 7 nitrogen and oxygen atoms in total. The molecule has 110 valence electrons. The van der Waals surface area contributed by atoms with E-state index in [1.54, 1.807) is 18.7 Å². The molecule has 1 atom stereocenters. The number of rotatable bonds is 9. The van der Waals surface area contributed by atoms with Gasteiger partial charge in [0.25, 0.3) is 0 Å². The topological polar surface area (TPSA) is 99.2 Å². The second-order valence-corrected chi connectivity index (χ2v) is 6.10. The van der Waals surface area contributed by atoms with Crippen LogP contribution in [-0.4, -0.2) is 44.5 Å². The van der Waals surface area contributed by atoms with Gasteiger partial charge in [0.05, 0.1) is 6.20 Å². The average Bonchev–Trinajstić information content (AvgIpc) is 2.83. The highest BCUT2D eigenvalue weighted by atomic mass is 32.2. The van der Waals surface area contributed by atoms with Gasteiger partial charge in [0.2, 0.25) is 10.0 Å². The third-order valence-electron chi connectivity index (χ3n) is 2.62. The van der Waals surface area contributed by atoms with E-state index in [2.05, 4.69) is 9.82 Å². The minimum atomic E-state index is -3.51. The Bertz CT molecular complexity index is 472. The van der Waals surface area contributed by atoms with E-state index in [0.717, 1.165) is 6.42 Å². The first kappa shape index (κ1) is 16.1. The van der Waals surface area contributed by atoms with Crippen molar-refractivity contribution in [3.63, 3.8) is 0 Å². The number of aromatic nitrogens is 2. The fourth-order valence-electron chi connectivity index (χ4n) is 1.55. The van der Waals surface area contributed by atoms with Gasteiger partial charge < -0.3 is 10.5 Å². The molecule has 1 rings (SSSR count). The smallest absolute Gasteiger partial charge is 0.243 e. The second kappa shape index (κ2) is 7.59. The van der Waals surface area contributed by atoms with E-state index in [1.807, 2.05) is 0 Å². The maximum atomic E-state index is 12.1. The second-order valence-electron chi connectivity index (χ2n) is 4.39. The summed E-state index contributed by atoms with van der Waals surface area (Å²) in [7, 11) is -1.93. The average molecular weight is 290 g/mol. The van der Waals surface area contributed by atoms with Crippen molar-refractivity contribution in [3.8, 4) is 0 Å². The molecule has 0 aliphatic carbocycles. The van der Waals surface area contributed by atoms with Gasteiger partial charge in [-0.05, 0) is 26.3 Å². The molecule has 8 heteroatoms. The first-order valence-electron chi connectivity index (χ1n) is 6.23. The Labute approximate surface area is 114 Å². The number of hydrogen-bond acceptors (Lipinski definition) is 5. The van der Waals surface area contributed by atoms with E-state index in [4.69, 9.17) is 10.5 Å². The Morgan fingerprint density at radius 3 is 2.95 bits per heavy atom. The summed E-state index contributed by atoms with van der Waals surface area (Å²) in [4.78, 5) is 0.175. The van der Waals surface area contributed by atoms with Crippen LogP contribution in [0, 0.1) is 0 Å². The highest BCUT2D eigenvalue weighted by Crippen LogP contribution is 2.09. The fourth-order valence-corrected chi connectivity index (χ4v) is 2.78. The highest BCUT2D eigenvalue weighted by molar-refractivity contribution is 7.89. The summed E-state index contributed by atoms with van der Waals surface area (Å²) in [6, 6.07) is -0.183. The molecule has 0 saturated carbocycles. The van der Waals surface area contributed by atoms with Crippen molar-refractivity contribution in [2.75, 3.05) is 20.3 Å². The molecule has 3 N–H and O–H groups in total. The zero-order valence-corrected chi connectivity index (χ0v) is 12.2. The largest absolute Gasteiger partial charge is 0.385 e. The first-order valence-corrected chi connectivity index (χ1v) is 7.71. The molecule has 1 unspecified atom stereocenters. The number of nitrogens with two attached hydrogens (primary N) is 1. The standard InChI is InChI=1S/C11H22N4O3S/c1-10(4-7-18-2)14-19(16,17)11-8-13-15(9-11)6-3-5-12/h8-10,14H,3-7,12H2,1-2H3. The normalized spacial score (nSPS) is 13.6. The van der Waals surface area contributed by atoms with Gasteiger partial charge in [-0.2, -0.15) is 5.10 Å². The lowest BCUT2D eigenvalue weighted by Crippen LogP contribution is -2.33. The molecular weight excluding hydrogens is 268 g/mol. The molecule has 0 aliphatic heterocycles. The summed E-state index contributed by atoms with van der Waals surface area (Å²) in [5, 5.41) is 4.01. The summed E-state index contributed by atoms with van der Waals surface area (Å²) in [5.74, 6) is 0. The van der Waals surface area contributed by atoms with Crippen LogP contribution in [0.2, 0.25) is 0 Å². The van der Waals surface area contributed by atoms with Gasteiger partial charge >= 0.3 is 0 Å². The fraction of sp³-hybridized carbons (Fsp3) is 0.727. The first-order chi connectivity index (χ1) is 8.99. The number of sulfonamides is 1. The Hall–Kier alpha value is -0.960. The SMILES string of the molecule is COCCC(C)NS(=O)(=O)c1cnn(CCCN)c1. The van der Waals surface area contributed by atoms with Gasteiger partial charge in [-0.3, -0.25) is 4.68 Å². The van der Waals surface area contributed by atoms with Crippen molar-refractivity contribution in [3.05, 3.63) is 12.4 Å². The number of nitrogens with zero attached hydrogens (tertiary/aromatic N) is 2. The van der Waals surface area contributed by atoms with Crippen molar-refractivity contribution in [1.82, 2.24) is 14.5 Å². The van der Waals surface area contributed by atoms with Crippen molar-refractivity contribution < 1.29 is 13.2 Å². The molecule has 0 amide bonds. The van der Waals surface area contributed by atoms with E-state index < -0.39 is 10.0 Å². The lowest BCUT2D eigenvalue weighted by Gasteiger charge is -2.12. The number of hydrogen-bond donors (Lipinski definition) is 2. The van der Waals surface area contributed by atoms with Gasteiger partial charge in [-0.1, -0.05) is 0 Å². The van der Waals surface area contributed by atoms with E-state index in [-0.39, 0.29) is 10.9 Å². The minimum absolute atomic E-state index is 0.175. The van der Waals surface area contributed by atoms with E-state index in [1.165, 1.54) is 12.4 Å². The van der Waals surface area contributed by atoms with Crippen molar-refractivity contribution in [2.45, 2.75) is 37.2 Å². The van der Waals surface area contributed by atoms with Crippen LogP contribution in [0.1, 0.15) is 19.8 Å². The molecule has 1 heterocycles. The molecule has 0 radical (unpaired) electrons. The van der Waals surface area contributed by atoms with Crippen LogP contribution in [0.25, 0.3) is 0 Å². The van der Waals surface area contributed by atoms with Gasteiger partial charge in [-0.25, -0.2) is 13.1 Å². The molecule has 0 fully saturated rings. The van der Waals surface area contributed by atoms with Crippen molar-refractivity contribution in [1.29, 1.82) is 0 Å². The minimum Gasteiger partial charge on any atom is -0.385 e. The predicted molar refractivity (Wildman–Crippen MR) is 72.2 cm³/mol. The summed E-state index contributed by atoms with van der Waals surface area (Å²) < 4.78 is 33.2. The number of methoxy groups -OCH3 is 1. The molecule has 0 aromatic carbocycles. The van der Waals surface area contributed by atoms with Gasteiger partial charge in [0.1, 0.15) is 4.90 Å². The zero-order valence-electron chi connectivity index (χ0n) is 11.4. The predicted octanol–water partition coefficient (Wildman–Crippen LogP) is -0.0648. The van der Waals surface area contributed by atoms with Crippen molar-refractivity contribution >= 4 is 10.0 Å².